The highest BCUT2D eigenvalue weighted by molar-refractivity contribution is 6.33. The minimum absolute atomic E-state index is 0.124. The van der Waals surface area contributed by atoms with Crippen molar-refractivity contribution in [3.63, 3.8) is 0 Å². The molecule has 0 saturated carbocycles. The first kappa shape index (κ1) is 13.8. The van der Waals surface area contributed by atoms with Gasteiger partial charge in [-0.2, -0.15) is 0 Å². The summed E-state index contributed by atoms with van der Waals surface area (Å²) in [6.07, 6.45) is 2.36. The topological polar surface area (TPSA) is 68.0 Å². The molecular formula is C12H18ClN3O. The standard InChI is InChI=1S/C12H18ClN3O/c1-7(2)4-8(3)16-12(17)9-5-10(13)11(14)15-6-9/h5-8H,4H2,1-3H3,(H2,14,15)(H,16,17). The molecule has 1 aromatic heterocycles. The van der Waals surface area contributed by atoms with Crippen molar-refractivity contribution >= 4 is 23.3 Å². The van der Waals surface area contributed by atoms with E-state index in [0.717, 1.165) is 6.42 Å². The summed E-state index contributed by atoms with van der Waals surface area (Å²) in [5.41, 5.74) is 5.91. The molecule has 0 radical (unpaired) electrons. The summed E-state index contributed by atoms with van der Waals surface area (Å²) in [5, 5.41) is 3.20. The number of nitrogens with one attached hydrogen (secondary N) is 1. The van der Waals surface area contributed by atoms with Crippen LogP contribution in [0.2, 0.25) is 5.02 Å². The van der Waals surface area contributed by atoms with Gasteiger partial charge in [-0.3, -0.25) is 4.79 Å². The maximum absolute atomic E-state index is 11.8. The van der Waals surface area contributed by atoms with Gasteiger partial charge in [0.1, 0.15) is 5.82 Å². The number of nitrogens with zero attached hydrogens (tertiary/aromatic N) is 1. The van der Waals surface area contributed by atoms with Gasteiger partial charge < -0.3 is 11.1 Å². The molecule has 0 saturated heterocycles. The number of carbonyl (C=O) groups excluding carboxylic acids is 1. The molecule has 0 aliphatic rings. The predicted molar refractivity (Wildman–Crippen MR) is 70.0 cm³/mol. The van der Waals surface area contributed by atoms with E-state index in [0.29, 0.717) is 16.5 Å². The van der Waals surface area contributed by atoms with Gasteiger partial charge >= 0.3 is 0 Å². The Morgan fingerprint density at radius 3 is 2.71 bits per heavy atom. The molecule has 1 atom stereocenters. The number of rotatable bonds is 4. The Labute approximate surface area is 107 Å². The lowest BCUT2D eigenvalue weighted by Gasteiger charge is -2.15. The number of anilines is 1. The maximum atomic E-state index is 11.8. The number of nitrogen functional groups attached to an aromatic ring is 1. The van der Waals surface area contributed by atoms with E-state index in [1.54, 1.807) is 0 Å². The molecular weight excluding hydrogens is 238 g/mol. The Morgan fingerprint density at radius 2 is 2.18 bits per heavy atom. The highest BCUT2D eigenvalue weighted by Crippen LogP contribution is 2.16. The van der Waals surface area contributed by atoms with E-state index in [2.05, 4.69) is 24.1 Å². The molecule has 4 nitrogen and oxygen atoms in total. The minimum Gasteiger partial charge on any atom is -0.382 e. The van der Waals surface area contributed by atoms with Crippen LogP contribution < -0.4 is 11.1 Å². The van der Waals surface area contributed by atoms with Gasteiger partial charge in [-0.05, 0) is 25.3 Å². The number of amides is 1. The molecule has 0 aliphatic heterocycles. The zero-order chi connectivity index (χ0) is 13.0. The summed E-state index contributed by atoms with van der Waals surface area (Å²) in [6, 6.07) is 1.65. The number of nitrogens with two attached hydrogens (primary N) is 1. The van der Waals surface area contributed by atoms with E-state index in [9.17, 15) is 4.79 Å². The normalized spacial score (nSPS) is 12.5. The summed E-state index contributed by atoms with van der Waals surface area (Å²) in [5.74, 6) is 0.601. The molecule has 5 heteroatoms. The lowest BCUT2D eigenvalue weighted by molar-refractivity contribution is 0.0936. The van der Waals surface area contributed by atoms with Crippen molar-refractivity contribution < 1.29 is 4.79 Å². The Balaban J connectivity index is 2.66. The Kier molecular flexibility index (Phi) is 4.75. The molecule has 1 heterocycles. The summed E-state index contributed by atoms with van der Waals surface area (Å²) in [6.45, 7) is 6.21. The van der Waals surface area contributed by atoms with E-state index < -0.39 is 0 Å². The highest BCUT2D eigenvalue weighted by Gasteiger charge is 2.12. The van der Waals surface area contributed by atoms with Crippen molar-refractivity contribution in [1.29, 1.82) is 0 Å². The number of pyridine rings is 1. The van der Waals surface area contributed by atoms with Gasteiger partial charge in [0.2, 0.25) is 0 Å². The van der Waals surface area contributed by atoms with Crippen molar-refractivity contribution in [2.45, 2.75) is 33.2 Å². The minimum atomic E-state index is -0.174. The van der Waals surface area contributed by atoms with E-state index in [1.807, 2.05) is 6.92 Å². The van der Waals surface area contributed by atoms with Gasteiger partial charge in [0.05, 0.1) is 10.6 Å². The van der Waals surface area contributed by atoms with Crippen molar-refractivity contribution in [2.24, 2.45) is 5.92 Å². The van der Waals surface area contributed by atoms with Crippen molar-refractivity contribution in [2.75, 3.05) is 5.73 Å². The molecule has 0 aromatic carbocycles. The van der Waals surface area contributed by atoms with Crippen LogP contribution in [0.5, 0.6) is 0 Å². The monoisotopic (exact) mass is 255 g/mol. The fourth-order valence-corrected chi connectivity index (χ4v) is 1.81. The summed E-state index contributed by atoms with van der Waals surface area (Å²) in [7, 11) is 0. The SMILES string of the molecule is CC(C)CC(C)NC(=O)c1cnc(N)c(Cl)c1. The molecule has 0 spiro atoms. The molecule has 1 amide bonds. The predicted octanol–water partition coefficient (Wildman–Crippen LogP) is 2.48. The van der Waals surface area contributed by atoms with Crippen LogP contribution in [0.4, 0.5) is 5.82 Å². The molecule has 3 N–H and O–H groups in total. The zero-order valence-electron chi connectivity index (χ0n) is 10.3. The largest absolute Gasteiger partial charge is 0.382 e. The molecule has 17 heavy (non-hydrogen) atoms. The van der Waals surface area contributed by atoms with Gasteiger partial charge in [-0.1, -0.05) is 25.4 Å². The lowest BCUT2D eigenvalue weighted by Crippen LogP contribution is -2.33. The van der Waals surface area contributed by atoms with Gasteiger partial charge in [-0.25, -0.2) is 4.98 Å². The average molecular weight is 256 g/mol. The van der Waals surface area contributed by atoms with Gasteiger partial charge in [0.25, 0.3) is 5.91 Å². The third kappa shape index (κ3) is 4.23. The van der Waals surface area contributed by atoms with Gasteiger partial charge in [-0.15, -0.1) is 0 Å². The van der Waals surface area contributed by atoms with Gasteiger partial charge in [0, 0.05) is 12.2 Å². The number of hydrogen-bond donors (Lipinski definition) is 2. The van der Waals surface area contributed by atoms with E-state index in [1.165, 1.54) is 12.3 Å². The third-order valence-electron chi connectivity index (χ3n) is 2.33. The lowest BCUT2D eigenvalue weighted by atomic mass is 10.1. The highest BCUT2D eigenvalue weighted by atomic mass is 35.5. The molecule has 1 rings (SSSR count). The first-order valence-electron chi connectivity index (χ1n) is 5.62. The Bertz CT molecular complexity index is 407. The molecule has 94 valence electrons. The molecule has 0 aliphatic carbocycles. The molecule has 0 fully saturated rings. The van der Waals surface area contributed by atoms with Crippen LogP contribution >= 0.6 is 11.6 Å². The van der Waals surface area contributed by atoms with Crippen molar-refractivity contribution in [3.05, 3.63) is 22.8 Å². The smallest absolute Gasteiger partial charge is 0.253 e. The quantitative estimate of drug-likeness (QED) is 0.869. The Hall–Kier alpha value is -1.29. The average Bonchev–Trinajstić information content (AvgIpc) is 2.20. The molecule has 1 aromatic rings. The van der Waals surface area contributed by atoms with Crippen molar-refractivity contribution in [1.82, 2.24) is 10.3 Å². The Morgan fingerprint density at radius 1 is 1.53 bits per heavy atom. The van der Waals surface area contributed by atoms with Gasteiger partial charge in [0.15, 0.2) is 0 Å². The number of halogens is 1. The maximum Gasteiger partial charge on any atom is 0.253 e. The fourth-order valence-electron chi connectivity index (χ4n) is 1.65. The first-order chi connectivity index (χ1) is 7.90. The van der Waals surface area contributed by atoms with Crippen LogP contribution in [-0.4, -0.2) is 16.9 Å². The summed E-state index contributed by atoms with van der Waals surface area (Å²) < 4.78 is 0. The molecule has 0 bridgehead atoms. The van der Waals surface area contributed by atoms with E-state index in [-0.39, 0.29) is 17.8 Å². The van der Waals surface area contributed by atoms with Crippen molar-refractivity contribution in [3.8, 4) is 0 Å². The number of hydrogen-bond acceptors (Lipinski definition) is 3. The second kappa shape index (κ2) is 5.87. The molecule has 1 unspecified atom stereocenters. The van der Waals surface area contributed by atoms with Crippen LogP contribution in [0.25, 0.3) is 0 Å². The fraction of sp³-hybridized carbons (Fsp3) is 0.500. The second-order valence-electron chi connectivity index (χ2n) is 4.60. The summed E-state index contributed by atoms with van der Waals surface area (Å²) in [4.78, 5) is 15.7. The van der Waals surface area contributed by atoms with Crippen LogP contribution in [-0.2, 0) is 0 Å². The first-order valence-corrected chi connectivity index (χ1v) is 5.99. The van der Waals surface area contributed by atoms with Crippen LogP contribution in [0.1, 0.15) is 37.6 Å². The van der Waals surface area contributed by atoms with Crippen LogP contribution in [0.15, 0.2) is 12.3 Å². The zero-order valence-corrected chi connectivity index (χ0v) is 11.1. The van der Waals surface area contributed by atoms with Crippen LogP contribution in [0, 0.1) is 5.92 Å². The number of aromatic nitrogens is 1. The van der Waals surface area contributed by atoms with Crippen LogP contribution in [0.3, 0.4) is 0 Å². The number of carbonyl (C=O) groups is 1. The van der Waals surface area contributed by atoms with E-state index in [4.69, 9.17) is 17.3 Å². The third-order valence-corrected chi connectivity index (χ3v) is 2.64. The van der Waals surface area contributed by atoms with E-state index >= 15 is 0 Å². The summed E-state index contributed by atoms with van der Waals surface area (Å²) >= 11 is 5.81. The second-order valence-corrected chi connectivity index (χ2v) is 5.00.